The third kappa shape index (κ3) is 16.8. The maximum atomic E-state index is 14.4. The minimum absolute atomic E-state index is 0.195. The number of carbonyl (C=O) groups excluding carboxylic acids is 2. The molecule has 0 amide bonds. The smallest absolute Gasteiger partial charge is 0.343 e. The van der Waals surface area contributed by atoms with Crippen molar-refractivity contribution >= 4 is 11.9 Å². The standard InChI is InChI=1S/C21H30F2.C16H20F2O2.C16H14F2O2.C15H20F2/c1-3-15-12-13-19(21(23)20(15)22)18-10-8-17(9-11-18)16-6-4-14(2)5-7-16;2*1-3-11-8-9-13(15(18)14(11)17)20-16(19)12-6-4-10(2)5-7-12;1-3-11-8-9-13(15(17)14(11)16)12-6-4-10(2)5-7-12/h12-14,16-18H,3-11H2,1-2H3;8-10,12H,3-7H2,1-2H3;4-9H,3H2,1-2H3;8-10,12H,3-7H2,1-2H3. The SMILES string of the molecule is CCc1ccc(C2CCC(C)CC2)c(F)c1F.CCc1ccc(C2CCC(C3CCC(C)CC3)CC2)c(F)c1F.CCc1ccc(OC(=O)C2CCC(C)CC2)c(F)c1F.CCc1ccc(OC(=O)c2ccc(C)cc2)c(F)c1F. The van der Waals surface area contributed by atoms with Gasteiger partial charge in [0.1, 0.15) is 0 Å². The number of benzene rings is 5. The fourth-order valence-corrected chi connectivity index (χ4v) is 12.0. The average Bonchev–Trinajstić information content (AvgIpc) is 3.48. The lowest BCUT2D eigenvalue weighted by molar-refractivity contribution is -0.140. The van der Waals surface area contributed by atoms with Gasteiger partial charge in [0.2, 0.25) is 11.6 Å². The number of aryl methyl sites for hydroxylation is 5. The summed E-state index contributed by atoms with van der Waals surface area (Å²) in [4.78, 5) is 23.8. The van der Waals surface area contributed by atoms with Gasteiger partial charge in [-0.3, -0.25) is 4.79 Å². The van der Waals surface area contributed by atoms with Crippen LogP contribution in [0.1, 0.15) is 212 Å². The van der Waals surface area contributed by atoms with Crippen LogP contribution in [0.2, 0.25) is 0 Å². The second-order valence-corrected chi connectivity index (χ2v) is 23.2. The van der Waals surface area contributed by atoms with Crippen molar-refractivity contribution < 1.29 is 54.2 Å². The van der Waals surface area contributed by atoms with E-state index in [1.54, 1.807) is 56.3 Å². The number of rotatable bonds is 11. The van der Waals surface area contributed by atoms with Crippen molar-refractivity contribution in [2.45, 2.75) is 196 Å². The Morgan fingerprint density at radius 3 is 1.11 bits per heavy atom. The van der Waals surface area contributed by atoms with E-state index in [0.717, 1.165) is 93.4 Å². The Bertz CT molecular complexity index is 2800. The first-order chi connectivity index (χ1) is 38.3. The molecule has 4 aliphatic rings. The van der Waals surface area contributed by atoms with Crippen LogP contribution in [0.15, 0.2) is 72.8 Å². The number of hydrogen-bond acceptors (Lipinski definition) is 4. The van der Waals surface area contributed by atoms with Crippen molar-refractivity contribution in [3.63, 3.8) is 0 Å². The summed E-state index contributed by atoms with van der Waals surface area (Å²) in [5.74, 6) is -4.20. The minimum Gasteiger partial charge on any atom is -0.423 e. The molecule has 436 valence electrons. The molecule has 12 heteroatoms. The summed E-state index contributed by atoms with van der Waals surface area (Å²) < 4.78 is 121. The van der Waals surface area contributed by atoms with Crippen LogP contribution in [0, 0.1) is 89.0 Å². The average molecular weight is 1120 g/mol. The quantitative estimate of drug-likeness (QED) is 0.0751. The van der Waals surface area contributed by atoms with E-state index in [4.69, 9.17) is 9.47 Å². The van der Waals surface area contributed by atoms with Gasteiger partial charge in [0, 0.05) is 0 Å². The first-order valence-electron chi connectivity index (χ1n) is 29.7. The van der Waals surface area contributed by atoms with E-state index in [0.29, 0.717) is 53.9 Å². The van der Waals surface area contributed by atoms with Crippen molar-refractivity contribution in [2.24, 2.45) is 35.5 Å². The van der Waals surface area contributed by atoms with Gasteiger partial charge in [-0.15, -0.1) is 0 Å². The second-order valence-electron chi connectivity index (χ2n) is 23.2. The molecule has 0 aliphatic heterocycles. The molecule has 0 unspecified atom stereocenters. The zero-order valence-electron chi connectivity index (χ0n) is 48.3. The molecule has 4 aliphatic carbocycles. The molecule has 80 heavy (non-hydrogen) atoms. The Kier molecular flexibility index (Phi) is 24.3. The predicted molar refractivity (Wildman–Crippen MR) is 302 cm³/mol. The van der Waals surface area contributed by atoms with Gasteiger partial charge in [0.15, 0.2) is 46.4 Å². The van der Waals surface area contributed by atoms with E-state index in [-0.39, 0.29) is 40.2 Å². The van der Waals surface area contributed by atoms with Crippen LogP contribution in [0.3, 0.4) is 0 Å². The van der Waals surface area contributed by atoms with Crippen LogP contribution >= 0.6 is 0 Å². The Balaban J connectivity index is 0.000000173. The number of esters is 2. The predicted octanol–water partition coefficient (Wildman–Crippen LogP) is 19.8. The summed E-state index contributed by atoms with van der Waals surface area (Å²) in [6, 6.07) is 19.3. The van der Waals surface area contributed by atoms with E-state index in [1.165, 1.54) is 62.8 Å². The lowest BCUT2D eigenvalue weighted by atomic mass is 9.68. The molecular weight excluding hydrogens is 1030 g/mol. The highest BCUT2D eigenvalue weighted by Crippen LogP contribution is 2.45. The van der Waals surface area contributed by atoms with Crippen molar-refractivity contribution in [1.82, 2.24) is 0 Å². The zero-order chi connectivity index (χ0) is 58.2. The third-order valence-electron chi connectivity index (χ3n) is 17.6. The lowest BCUT2D eigenvalue weighted by Gasteiger charge is -2.37. The topological polar surface area (TPSA) is 52.6 Å². The summed E-state index contributed by atoms with van der Waals surface area (Å²) >= 11 is 0. The van der Waals surface area contributed by atoms with Crippen molar-refractivity contribution in [3.05, 3.63) is 164 Å². The summed E-state index contributed by atoms with van der Waals surface area (Å²) in [6.45, 7) is 15.8. The second kappa shape index (κ2) is 30.5. The lowest BCUT2D eigenvalue weighted by Crippen LogP contribution is -2.25. The van der Waals surface area contributed by atoms with E-state index in [9.17, 15) is 44.7 Å². The fourth-order valence-electron chi connectivity index (χ4n) is 12.0. The number of hydrogen-bond donors (Lipinski definition) is 0. The molecule has 0 aromatic heterocycles. The Hall–Kier alpha value is -5.52. The molecule has 4 fully saturated rings. The van der Waals surface area contributed by atoms with Gasteiger partial charge < -0.3 is 9.47 Å². The minimum atomic E-state index is -1.13. The highest BCUT2D eigenvalue weighted by Gasteiger charge is 2.33. The molecule has 0 N–H and O–H groups in total. The van der Waals surface area contributed by atoms with E-state index in [1.807, 2.05) is 26.8 Å². The third-order valence-corrected chi connectivity index (χ3v) is 17.6. The van der Waals surface area contributed by atoms with Gasteiger partial charge in [0.05, 0.1) is 11.5 Å². The van der Waals surface area contributed by atoms with E-state index < -0.39 is 64.2 Å². The maximum Gasteiger partial charge on any atom is 0.343 e. The number of carbonyl (C=O) groups is 2. The molecule has 0 radical (unpaired) electrons. The van der Waals surface area contributed by atoms with Crippen LogP contribution in [0.25, 0.3) is 0 Å². The van der Waals surface area contributed by atoms with Crippen molar-refractivity contribution in [1.29, 1.82) is 0 Å². The molecule has 5 aromatic carbocycles. The highest BCUT2D eigenvalue weighted by molar-refractivity contribution is 5.91. The molecular formula is C68H84F8O4. The molecule has 4 nitrogen and oxygen atoms in total. The largest absolute Gasteiger partial charge is 0.423 e. The molecule has 0 spiro atoms. The molecule has 9 rings (SSSR count). The Morgan fingerprint density at radius 1 is 0.388 bits per heavy atom. The van der Waals surface area contributed by atoms with E-state index >= 15 is 0 Å². The van der Waals surface area contributed by atoms with Crippen LogP contribution in [0.4, 0.5) is 35.1 Å². The highest BCUT2D eigenvalue weighted by atomic mass is 19.2. The fraction of sp³-hybridized carbons (Fsp3) is 0.529. The van der Waals surface area contributed by atoms with Gasteiger partial charge in [-0.25, -0.2) is 31.1 Å². The summed E-state index contributed by atoms with van der Waals surface area (Å²) in [7, 11) is 0. The van der Waals surface area contributed by atoms with E-state index in [2.05, 4.69) is 20.8 Å². The monoisotopic (exact) mass is 1120 g/mol. The Morgan fingerprint density at radius 2 is 0.713 bits per heavy atom. The molecule has 0 bridgehead atoms. The van der Waals surface area contributed by atoms with Crippen LogP contribution in [-0.4, -0.2) is 11.9 Å². The number of halogens is 8. The van der Waals surface area contributed by atoms with Gasteiger partial charge in [0.25, 0.3) is 0 Å². The van der Waals surface area contributed by atoms with Gasteiger partial charge in [-0.1, -0.05) is 128 Å². The summed E-state index contributed by atoms with van der Waals surface area (Å²) in [5, 5.41) is 0. The molecule has 0 saturated heterocycles. The first kappa shape index (κ1) is 63.7. The zero-order valence-corrected chi connectivity index (χ0v) is 48.3. The maximum absolute atomic E-state index is 14.4. The van der Waals surface area contributed by atoms with Crippen molar-refractivity contribution in [2.75, 3.05) is 0 Å². The Labute approximate surface area is 470 Å². The van der Waals surface area contributed by atoms with Gasteiger partial charge in [-0.2, -0.15) is 8.78 Å². The molecule has 0 atom stereocenters. The van der Waals surface area contributed by atoms with Gasteiger partial charge >= 0.3 is 11.9 Å². The first-order valence-corrected chi connectivity index (χ1v) is 29.7. The molecule has 5 aromatic rings. The molecule has 4 saturated carbocycles. The number of ether oxygens (including phenoxy) is 2. The van der Waals surface area contributed by atoms with Crippen LogP contribution in [0.5, 0.6) is 11.5 Å². The van der Waals surface area contributed by atoms with Crippen LogP contribution < -0.4 is 9.47 Å². The summed E-state index contributed by atoms with van der Waals surface area (Å²) in [6.07, 6.45) is 19.5. The van der Waals surface area contributed by atoms with Crippen LogP contribution in [-0.2, 0) is 30.5 Å². The molecule has 0 heterocycles. The van der Waals surface area contributed by atoms with Gasteiger partial charge in [-0.05, 0) is 209 Å². The summed E-state index contributed by atoms with van der Waals surface area (Å²) in [5.41, 5.74) is 4.00. The van der Waals surface area contributed by atoms with Crippen molar-refractivity contribution in [3.8, 4) is 11.5 Å². The normalized spacial score (nSPS) is 22.8.